The Bertz CT molecular complexity index is 617. The summed E-state index contributed by atoms with van der Waals surface area (Å²) in [5, 5.41) is 12.9. The van der Waals surface area contributed by atoms with Gasteiger partial charge in [-0.2, -0.15) is 18.3 Å². The van der Waals surface area contributed by atoms with Gasteiger partial charge in [-0.15, -0.1) is 0 Å². The molecule has 29 heavy (non-hydrogen) atoms. The molecule has 2 aliphatic rings. The highest BCUT2D eigenvalue weighted by Gasteiger charge is 2.55. The van der Waals surface area contributed by atoms with Gasteiger partial charge in [0, 0.05) is 18.4 Å². The first-order valence-corrected chi connectivity index (χ1v) is 10.0. The number of rotatable bonds is 1. The van der Waals surface area contributed by atoms with Gasteiger partial charge in [-0.25, -0.2) is 17.6 Å². The summed E-state index contributed by atoms with van der Waals surface area (Å²) < 4.78 is 93.4. The smallest absolute Gasteiger partial charge is 0.382 e. The molecule has 0 spiro atoms. The molecule has 0 radical (unpaired) electrons. The van der Waals surface area contributed by atoms with Gasteiger partial charge < -0.3 is 5.11 Å². The van der Waals surface area contributed by atoms with Gasteiger partial charge in [0.2, 0.25) is 5.92 Å². The van der Waals surface area contributed by atoms with Crippen molar-refractivity contribution >= 4 is 0 Å². The van der Waals surface area contributed by atoms with E-state index in [2.05, 4.69) is 5.10 Å². The van der Waals surface area contributed by atoms with Gasteiger partial charge in [0.15, 0.2) is 5.69 Å². The molecule has 1 heterocycles. The average Bonchev–Trinajstić information content (AvgIpc) is 3.15. The summed E-state index contributed by atoms with van der Waals surface area (Å²) in [5.41, 5.74) is -2.90. The molecule has 3 rings (SSSR count). The maximum Gasteiger partial charge on any atom is 0.435 e. The van der Waals surface area contributed by atoms with Crippen LogP contribution in [-0.2, 0) is 12.6 Å². The van der Waals surface area contributed by atoms with Crippen LogP contribution >= 0.6 is 0 Å². The summed E-state index contributed by atoms with van der Waals surface area (Å²) in [7, 11) is 0. The lowest BCUT2D eigenvalue weighted by molar-refractivity contribution is -0.146. The van der Waals surface area contributed by atoms with Crippen molar-refractivity contribution in [2.45, 2.75) is 104 Å². The first kappa shape index (κ1) is 27.7. The molecule has 0 saturated heterocycles. The van der Waals surface area contributed by atoms with E-state index in [9.17, 15) is 35.8 Å². The van der Waals surface area contributed by atoms with Gasteiger partial charge in [-0.1, -0.05) is 41.5 Å². The Morgan fingerprint density at radius 2 is 1.38 bits per heavy atom. The summed E-state index contributed by atoms with van der Waals surface area (Å²) in [5.74, 6) is -6.63. The number of fused-ring (bicyclic) bond motifs is 1. The van der Waals surface area contributed by atoms with E-state index < -0.39 is 66.4 Å². The first-order chi connectivity index (χ1) is 13.4. The van der Waals surface area contributed by atoms with E-state index in [0.717, 1.165) is 4.68 Å². The number of aromatic nitrogens is 2. The lowest BCUT2D eigenvalue weighted by Crippen LogP contribution is -2.29. The molecule has 0 aromatic carbocycles. The molecular weight excluding hydrogens is 405 g/mol. The molecule has 0 bridgehead atoms. The molecule has 1 N–H and O–H groups in total. The Morgan fingerprint density at radius 1 is 0.931 bits per heavy atom. The summed E-state index contributed by atoms with van der Waals surface area (Å²) in [6, 6.07) is -0.805. The van der Waals surface area contributed by atoms with E-state index in [-0.39, 0.29) is 12.8 Å². The molecule has 3 nitrogen and oxygen atoms in total. The van der Waals surface area contributed by atoms with Crippen LogP contribution in [0.2, 0.25) is 0 Å². The summed E-state index contributed by atoms with van der Waals surface area (Å²) >= 11 is 0. The van der Waals surface area contributed by atoms with E-state index in [1.165, 1.54) is 0 Å². The lowest BCUT2D eigenvalue weighted by Gasteiger charge is -2.29. The highest BCUT2D eigenvalue weighted by molar-refractivity contribution is 5.38. The topological polar surface area (TPSA) is 38.1 Å². The second kappa shape index (κ2) is 10.6. The predicted octanol–water partition coefficient (Wildman–Crippen LogP) is 6.96. The summed E-state index contributed by atoms with van der Waals surface area (Å²) in [4.78, 5) is 0. The van der Waals surface area contributed by atoms with Crippen molar-refractivity contribution in [1.82, 2.24) is 9.78 Å². The van der Waals surface area contributed by atoms with Gasteiger partial charge in [-0.3, -0.25) is 4.68 Å². The van der Waals surface area contributed by atoms with Gasteiger partial charge >= 0.3 is 6.18 Å². The molecule has 172 valence electrons. The molecule has 1 aromatic rings. The van der Waals surface area contributed by atoms with Gasteiger partial charge in [-0.05, 0) is 12.8 Å². The zero-order valence-electron chi connectivity index (χ0n) is 17.7. The van der Waals surface area contributed by atoms with Crippen LogP contribution in [-0.4, -0.2) is 26.7 Å². The van der Waals surface area contributed by atoms with Gasteiger partial charge in [0.05, 0.1) is 18.2 Å². The molecule has 0 amide bonds. The normalized spacial score (nSPS) is 22.2. The fourth-order valence-electron chi connectivity index (χ4n) is 3.26. The van der Waals surface area contributed by atoms with E-state index >= 15 is 0 Å². The molecule has 1 fully saturated rings. The third kappa shape index (κ3) is 6.08. The van der Waals surface area contributed by atoms with Crippen molar-refractivity contribution in [2.75, 3.05) is 0 Å². The molecule has 1 atom stereocenters. The second-order valence-electron chi connectivity index (χ2n) is 6.08. The summed E-state index contributed by atoms with van der Waals surface area (Å²) in [6.07, 6.45) is -10.1. The molecule has 2 aliphatic carbocycles. The van der Waals surface area contributed by atoms with Crippen molar-refractivity contribution in [3.8, 4) is 0 Å². The Balaban J connectivity index is 0.00000120. The minimum absolute atomic E-state index is 0.153. The Morgan fingerprint density at radius 3 is 1.79 bits per heavy atom. The van der Waals surface area contributed by atoms with Crippen LogP contribution in [0.4, 0.5) is 30.7 Å². The van der Waals surface area contributed by atoms with Crippen molar-refractivity contribution in [3.05, 3.63) is 17.0 Å². The highest BCUT2D eigenvalue weighted by Crippen LogP contribution is 2.50. The van der Waals surface area contributed by atoms with Gasteiger partial charge in [0.25, 0.3) is 5.92 Å². The van der Waals surface area contributed by atoms with Crippen molar-refractivity contribution in [1.29, 1.82) is 0 Å². The van der Waals surface area contributed by atoms with E-state index in [1.54, 1.807) is 0 Å². The van der Waals surface area contributed by atoms with Crippen molar-refractivity contribution in [2.24, 2.45) is 0 Å². The number of hydrogen-bond donors (Lipinski definition) is 1. The molecule has 10 heteroatoms. The SMILES string of the molecule is CC.CC.CC.OC1c2c(C(F)(F)F)nn(C3CCC(F)(F)CC3)c2CC1(F)F. The van der Waals surface area contributed by atoms with Crippen LogP contribution in [0.25, 0.3) is 0 Å². The Kier molecular flexibility index (Phi) is 10.1. The van der Waals surface area contributed by atoms with Gasteiger partial charge in [0.1, 0.15) is 6.10 Å². The number of nitrogens with zero attached hydrogens (tertiary/aromatic N) is 2. The van der Waals surface area contributed by atoms with Crippen LogP contribution in [0.1, 0.15) is 96.3 Å². The van der Waals surface area contributed by atoms with E-state index in [4.69, 9.17) is 0 Å². The molecule has 1 saturated carbocycles. The van der Waals surface area contributed by atoms with Crippen LogP contribution in [0, 0.1) is 0 Å². The average molecular weight is 436 g/mol. The molecular formula is C19H31F7N2O. The summed E-state index contributed by atoms with van der Waals surface area (Å²) in [6.45, 7) is 12.0. The van der Waals surface area contributed by atoms with Crippen LogP contribution in [0.5, 0.6) is 0 Å². The monoisotopic (exact) mass is 436 g/mol. The minimum atomic E-state index is -5.00. The van der Waals surface area contributed by atoms with Crippen molar-refractivity contribution in [3.63, 3.8) is 0 Å². The number of halogens is 7. The van der Waals surface area contributed by atoms with Crippen LogP contribution in [0.3, 0.4) is 0 Å². The zero-order valence-corrected chi connectivity index (χ0v) is 17.7. The molecule has 1 aromatic heterocycles. The quantitative estimate of drug-likeness (QED) is 0.484. The van der Waals surface area contributed by atoms with E-state index in [1.807, 2.05) is 41.5 Å². The highest BCUT2D eigenvalue weighted by atomic mass is 19.4. The Hall–Kier alpha value is -1.32. The molecule has 0 aliphatic heterocycles. The third-order valence-corrected chi connectivity index (χ3v) is 4.43. The fraction of sp³-hybridized carbons (Fsp3) is 0.842. The largest absolute Gasteiger partial charge is 0.435 e. The Labute approximate surface area is 167 Å². The number of aliphatic hydroxyl groups excluding tert-OH is 1. The standard InChI is InChI=1S/C13H13F7N2O.3C2H6/c14-11(15)3-1-6(2-4-11)22-7-5-12(16,17)10(23)8(7)9(21-22)13(18,19)20;3*1-2/h6,10,23H,1-5H2;3*1-2H3. The fourth-order valence-corrected chi connectivity index (χ4v) is 3.26. The minimum Gasteiger partial charge on any atom is -0.382 e. The number of alkyl halides is 7. The lowest BCUT2D eigenvalue weighted by atomic mass is 9.92. The second-order valence-corrected chi connectivity index (χ2v) is 6.08. The molecule has 1 unspecified atom stereocenters. The van der Waals surface area contributed by atoms with Crippen LogP contribution < -0.4 is 0 Å². The zero-order chi connectivity index (χ0) is 23.2. The maximum atomic E-state index is 13.6. The third-order valence-electron chi connectivity index (χ3n) is 4.43. The first-order valence-electron chi connectivity index (χ1n) is 10.0. The number of hydrogen-bond acceptors (Lipinski definition) is 2. The van der Waals surface area contributed by atoms with Crippen molar-refractivity contribution < 1.29 is 35.8 Å². The number of aliphatic hydroxyl groups is 1. The van der Waals surface area contributed by atoms with Crippen LogP contribution in [0.15, 0.2) is 0 Å². The maximum absolute atomic E-state index is 13.6. The predicted molar refractivity (Wildman–Crippen MR) is 97.3 cm³/mol. The van der Waals surface area contributed by atoms with E-state index in [0.29, 0.717) is 0 Å².